The number of carboxylic acid groups (broad SMARTS) is 1. The fourth-order valence-corrected chi connectivity index (χ4v) is 2.08. The first kappa shape index (κ1) is 15.4. The van der Waals surface area contributed by atoms with Crippen molar-refractivity contribution in [2.45, 2.75) is 38.1 Å². The summed E-state index contributed by atoms with van der Waals surface area (Å²) in [7, 11) is 0. The summed E-state index contributed by atoms with van der Waals surface area (Å²) < 4.78 is 0. The van der Waals surface area contributed by atoms with Gasteiger partial charge in [-0.3, -0.25) is 9.59 Å². The predicted octanol–water partition coefficient (Wildman–Crippen LogP) is -0.659. The van der Waals surface area contributed by atoms with E-state index < -0.39 is 12.0 Å². The lowest BCUT2D eigenvalue weighted by molar-refractivity contribution is -0.148. The predicted molar refractivity (Wildman–Crippen MR) is 66.3 cm³/mol. The van der Waals surface area contributed by atoms with Gasteiger partial charge in [0, 0.05) is 32.5 Å². The summed E-state index contributed by atoms with van der Waals surface area (Å²) in [6.45, 7) is 0.834. The minimum Gasteiger partial charge on any atom is -0.480 e. The Labute approximate surface area is 111 Å². The van der Waals surface area contributed by atoms with Crippen molar-refractivity contribution < 1.29 is 24.6 Å². The van der Waals surface area contributed by atoms with Crippen LogP contribution in [0.3, 0.4) is 0 Å². The normalized spacial score (nSPS) is 18.4. The van der Waals surface area contributed by atoms with E-state index in [-0.39, 0.29) is 31.3 Å². The number of hydrogen-bond acceptors (Lipinski definition) is 4. The van der Waals surface area contributed by atoms with Crippen LogP contribution < -0.4 is 5.32 Å². The molecule has 1 atom stereocenters. The van der Waals surface area contributed by atoms with Crippen LogP contribution in [0.4, 0.5) is 0 Å². The molecule has 108 valence electrons. The van der Waals surface area contributed by atoms with Crippen LogP contribution in [0.25, 0.3) is 0 Å². The highest BCUT2D eigenvalue weighted by atomic mass is 16.4. The maximum absolute atomic E-state index is 11.8. The van der Waals surface area contributed by atoms with Crippen LogP contribution in [0.5, 0.6) is 0 Å². The highest BCUT2D eigenvalue weighted by Gasteiger charge is 2.33. The first-order chi connectivity index (χ1) is 9.06. The third-order valence-electron chi connectivity index (χ3n) is 3.08. The zero-order chi connectivity index (χ0) is 14.3. The molecule has 0 aromatic carbocycles. The van der Waals surface area contributed by atoms with E-state index in [0.29, 0.717) is 32.4 Å². The summed E-state index contributed by atoms with van der Waals surface area (Å²) in [5, 5.41) is 20.1. The summed E-state index contributed by atoms with van der Waals surface area (Å²) in [5.74, 6) is -1.53. The standard InChI is InChI=1S/C12H20N2O5/c15-8-2-6-13-10(16)4-5-11(17)14-7-1-3-9(14)12(18)19/h9,15H,1-8H2,(H,13,16)(H,18,19). The second-order valence-corrected chi connectivity index (χ2v) is 4.51. The molecule has 0 aromatic rings. The molecule has 1 aliphatic rings. The Kier molecular flexibility index (Phi) is 6.27. The van der Waals surface area contributed by atoms with Gasteiger partial charge < -0.3 is 20.4 Å². The summed E-state index contributed by atoms with van der Waals surface area (Å²) in [6.07, 6.45) is 1.71. The summed E-state index contributed by atoms with van der Waals surface area (Å²) in [4.78, 5) is 35.5. The van der Waals surface area contributed by atoms with E-state index in [0.717, 1.165) is 0 Å². The van der Waals surface area contributed by atoms with Crippen molar-refractivity contribution in [2.24, 2.45) is 0 Å². The van der Waals surface area contributed by atoms with Gasteiger partial charge in [-0.15, -0.1) is 0 Å². The van der Waals surface area contributed by atoms with E-state index in [2.05, 4.69) is 5.32 Å². The largest absolute Gasteiger partial charge is 0.480 e. The van der Waals surface area contributed by atoms with Gasteiger partial charge >= 0.3 is 5.97 Å². The molecule has 0 aromatic heterocycles. The molecule has 1 heterocycles. The minimum atomic E-state index is -0.988. The van der Waals surface area contributed by atoms with Crippen LogP contribution in [0.2, 0.25) is 0 Å². The Hall–Kier alpha value is -1.63. The Bertz CT molecular complexity index is 345. The molecule has 0 aliphatic carbocycles. The molecule has 1 unspecified atom stereocenters. The van der Waals surface area contributed by atoms with Gasteiger partial charge in [0.2, 0.25) is 11.8 Å². The fourth-order valence-electron chi connectivity index (χ4n) is 2.08. The monoisotopic (exact) mass is 272 g/mol. The molecular weight excluding hydrogens is 252 g/mol. The van der Waals surface area contributed by atoms with Crippen molar-refractivity contribution >= 4 is 17.8 Å². The number of aliphatic hydroxyl groups excluding tert-OH is 1. The fraction of sp³-hybridized carbons (Fsp3) is 0.750. The zero-order valence-electron chi connectivity index (χ0n) is 10.8. The molecule has 1 rings (SSSR count). The SMILES string of the molecule is O=C(CCC(=O)N1CCCC1C(=O)O)NCCCO. The lowest BCUT2D eigenvalue weighted by Crippen LogP contribution is -2.40. The summed E-state index contributed by atoms with van der Waals surface area (Å²) in [5.41, 5.74) is 0. The number of likely N-dealkylation sites (tertiary alicyclic amines) is 1. The molecule has 0 spiro atoms. The van der Waals surface area contributed by atoms with E-state index in [1.807, 2.05) is 0 Å². The summed E-state index contributed by atoms with van der Waals surface area (Å²) in [6, 6.07) is -0.745. The molecule has 0 bridgehead atoms. The molecule has 2 amide bonds. The molecule has 7 heteroatoms. The van der Waals surface area contributed by atoms with Crippen molar-refractivity contribution in [3.63, 3.8) is 0 Å². The quantitative estimate of drug-likeness (QED) is 0.533. The molecule has 3 N–H and O–H groups in total. The van der Waals surface area contributed by atoms with Crippen LogP contribution >= 0.6 is 0 Å². The molecule has 1 saturated heterocycles. The number of carbonyl (C=O) groups is 3. The molecular formula is C12H20N2O5. The second kappa shape index (κ2) is 7.73. The number of carbonyl (C=O) groups excluding carboxylic acids is 2. The molecule has 0 radical (unpaired) electrons. The Morgan fingerprint density at radius 1 is 1.26 bits per heavy atom. The molecule has 1 aliphatic heterocycles. The van der Waals surface area contributed by atoms with Crippen molar-refractivity contribution in [2.75, 3.05) is 19.7 Å². The smallest absolute Gasteiger partial charge is 0.326 e. The first-order valence-electron chi connectivity index (χ1n) is 6.46. The van der Waals surface area contributed by atoms with Crippen LogP contribution in [0.1, 0.15) is 32.1 Å². The van der Waals surface area contributed by atoms with Gasteiger partial charge in [0.25, 0.3) is 0 Å². The van der Waals surface area contributed by atoms with Gasteiger partial charge in [-0.25, -0.2) is 4.79 Å². The van der Waals surface area contributed by atoms with Gasteiger partial charge in [-0.05, 0) is 19.3 Å². The number of aliphatic carboxylic acids is 1. The number of rotatable bonds is 7. The topological polar surface area (TPSA) is 107 Å². The van der Waals surface area contributed by atoms with Crippen LogP contribution in [0, 0.1) is 0 Å². The number of aliphatic hydroxyl groups is 1. The average Bonchev–Trinajstić information content (AvgIpc) is 2.85. The molecule has 19 heavy (non-hydrogen) atoms. The average molecular weight is 272 g/mol. The van der Waals surface area contributed by atoms with Crippen LogP contribution in [0.15, 0.2) is 0 Å². The van der Waals surface area contributed by atoms with E-state index >= 15 is 0 Å². The third kappa shape index (κ3) is 4.86. The number of nitrogens with one attached hydrogen (secondary N) is 1. The van der Waals surface area contributed by atoms with Gasteiger partial charge in [0.15, 0.2) is 0 Å². The van der Waals surface area contributed by atoms with Crippen LogP contribution in [-0.2, 0) is 14.4 Å². The highest BCUT2D eigenvalue weighted by molar-refractivity contribution is 5.87. The minimum absolute atomic E-state index is 0.00722. The van der Waals surface area contributed by atoms with E-state index in [9.17, 15) is 14.4 Å². The van der Waals surface area contributed by atoms with Crippen molar-refractivity contribution in [1.29, 1.82) is 0 Å². The number of amides is 2. The molecule has 1 fully saturated rings. The Morgan fingerprint density at radius 2 is 2.00 bits per heavy atom. The lowest BCUT2D eigenvalue weighted by atomic mass is 10.2. The number of hydrogen-bond donors (Lipinski definition) is 3. The number of carboxylic acids is 1. The van der Waals surface area contributed by atoms with E-state index in [1.54, 1.807) is 0 Å². The Morgan fingerprint density at radius 3 is 2.63 bits per heavy atom. The maximum atomic E-state index is 11.8. The molecule has 7 nitrogen and oxygen atoms in total. The van der Waals surface area contributed by atoms with Crippen molar-refractivity contribution in [3.8, 4) is 0 Å². The van der Waals surface area contributed by atoms with Gasteiger partial charge in [0.1, 0.15) is 6.04 Å². The first-order valence-corrected chi connectivity index (χ1v) is 6.46. The molecule has 0 saturated carbocycles. The zero-order valence-corrected chi connectivity index (χ0v) is 10.8. The van der Waals surface area contributed by atoms with Gasteiger partial charge in [-0.1, -0.05) is 0 Å². The van der Waals surface area contributed by atoms with Gasteiger partial charge in [0.05, 0.1) is 0 Å². The van der Waals surface area contributed by atoms with E-state index in [1.165, 1.54) is 4.90 Å². The van der Waals surface area contributed by atoms with Crippen molar-refractivity contribution in [3.05, 3.63) is 0 Å². The lowest BCUT2D eigenvalue weighted by Gasteiger charge is -2.21. The van der Waals surface area contributed by atoms with Gasteiger partial charge in [-0.2, -0.15) is 0 Å². The van der Waals surface area contributed by atoms with Crippen LogP contribution in [-0.4, -0.2) is 58.6 Å². The number of nitrogens with zero attached hydrogens (tertiary/aromatic N) is 1. The third-order valence-corrected chi connectivity index (χ3v) is 3.08. The maximum Gasteiger partial charge on any atom is 0.326 e. The van der Waals surface area contributed by atoms with E-state index in [4.69, 9.17) is 10.2 Å². The highest BCUT2D eigenvalue weighted by Crippen LogP contribution is 2.18. The summed E-state index contributed by atoms with van der Waals surface area (Å²) >= 11 is 0. The Balaban J connectivity index is 2.30. The van der Waals surface area contributed by atoms with Crippen molar-refractivity contribution in [1.82, 2.24) is 10.2 Å². The second-order valence-electron chi connectivity index (χ2n) is 4.51.